The average molecular weight is 209 g/mol. The van der Waals surface area contributed by atoms with Crippen LogP contribution in [0, 0.1) is 13.8 Å². The first-order valence-electron chi connectivity index (χ1n) is 5.07. The first-order valence-corrected chi connectivity index (χ1v) is 5.07. The van der Waals surface area contributed by atoms with Gasteiger partial charge in [0.05, 0.1) is 13.7 Å². The number of rotatable bonds is 4. The first-order chi connectivity index (χ1) is 7.10. The van der Waals surface area contributed by atoms with Gasteiger partial charge < -0.3 is 14.7 Å². The molecule has 0 unspecified atom stereocenters. The molecule has 15 heavy (non-hydrogen) atoms. The zero-order chi connectivity index (χ0) is 11.4. The van der Waals surface area contributed by atoms with E-state index < -0.39 is 0 Å². The van der Waals surface area contributed by atoms with Crippen LogP contribution in [-0.2, 0) is 0 Å². The molecular weight excluding hydrogens is 190 g/mol. The van der Waals surface area contributed by atoms with E-state index in [1.54, 1.807) is 7.11 Å². The molecule has 0 saturated heterocycles. The minimum Gasteiger partial charge on any atom is -0.496 e. The summed E-state index contributed by atoms with van der Waals surface area (Å²) in [6.07, 6.45) is 0. The lowest BCUT2D eigenvalue weighted by Gasteiger charge is -2.21. The molecule has 0 saturated carbocycles. The molecule has 0 amide bonds. The molecule has 0 aliphatic carbocycles. The summed E-state index contributed by atoms with van der Waals surface area (Å²) in [4.78, 5) is 2.04. The van der Waals surface area contributed by atoms with Gasteiger partial charge in [-0.05, 0) is 37.1 Å². The molecule has 0 aromatic heterocycles. The molecule has 0 aliphatic rings. The Labute approximate surface area is 91.3 Å². The Kier molecular flexibility index (Phi) is 3.97. The van der Waals surface area contributed by atoms with E-state index in [-0.39, 0.29) is 6.61 Å². The van der Waals surface area contributed by atoms with Gasteiger partial charge >= 0.3 is 0 Å². The minimum atomic E-state index is 0.168. The van der Waals surface area contributed by atoms with Gasteiger partial charge in [0.2, 0.25) is 0 Å². The largest absolute Gasteiger partial charge is 0.496 e. The van der Waals surface area contributed by atoms with Crippen molar-refractivity contribution in [1.29, 1.82) is 0 Å². The van der Waals surface area contributed by atoms with Gasteiger partial charge in [-0.2, -0.15) is 0 Å². The highest BCUT2D eigenvalue weighted by atomic mass is 16.5. The number of methoxy groups -OCH3 is 1. The Hall–Kier alpha value is -1.22. The van der Waals surface area contributed by atoms with Crippen LogP contribution in [0.3, 0.4) is 0 Å². The second-order valence-corrected chi connectivity index (χ2v) is 3.75. The number of anilines is 1. The van der Waals surface area contributed by atoms with Gasteiger partial charge in [0.15, 0.2) is 0 Å². The van der Waals surface area contributed by atoms with Crippen molar-refractivity contribution in [2.24, 2.45) is 0 Å². The molecule has 0 spiro atoms. The van der Waals surface area contributed by atoms with Crippen molar-refractivity contribution in [3.05, 3.63) is 23.3 Å². The zero-order valence-electron chi connectivity index (χ0n) is 9.87. The number of hydrogen-bond acceptors (Lipinski definition) is 3. The summed E-state index contributed by atoms with van der Waals surface area (Å²) in [7, 11) is 3.66. The van der Waals surface area contributed by atoms with Gasteiger partial charge in [0, 0.05) is 19.3 Å². The molecule has 84 valence electrons. The van der Waals surface area contributed by atoms with E-state index >= 15 is 0 Å². The molecule has 1 aromatic rings. The van der Waals surface area contributed by atoms with E-state index in [1.807, 2.05) is 31.9 Å². The fourth-order valence-corrected chi connectivity index (χ4v) is 1.68. The first kappa shape index (κ1) is 11.9. The number of benzene rings is 1. The van der Waals surface area contributed by atoms with Crippen LogP contribution in [-0.4, -0.2) is 32.4 Å². The summed E-state index contributed by atoms with van der Waals surface area (Å²) in [5, 5.41) is 8.89. The second-order valence-electron chi connectivity index (χ2n) is 3.75. The number of ether oxygens (including phenoxy) is 1. The Morgan fingerprint density at radius 2 is 1.93 bits per heavy atom. The smallest absolute Gasteiger partial charge is 0.122 e. The van der Waals surface area contributed by atoms with Crippen molar-refractivity contribution < 1.29 is 9.84 Å². The van der Waals surface area contributed by atoms with Gasteiger partial charge in [-0.15, -0.1) is 0 Å². The van der Waals surface area contributed by atoms with Crippen molar-refractivity contribution in [2.45, 2.75) is 13.8 Å². The van der Waals surface area contributed by atoms with E-state index in [4.69, 9.17) is 9.84 Å². The van der Waals surface area contributed by atoms with E-state index in [9.17, 15) is 0 Å². The van der Waals surface area contributed by atoms with Crippen LogP contribution in [0.15, 0.2) is 12.1 Å². The fourth-order valence-electron chi connectivity index (χ4n) is 1.68. The summed E-state index contributed by atoms with van der Waals surface area (Å²) in [5.41, 5.74) is 3.42. The number of aliphatic hydroxyl groups excluding tert-OH is 1. The highest BCUT2D eigenvalue weighted by Crippen LogP contribution is 2.27. The zero-order valence-corrected chi connectivity index (χ0v) is 9.87. The van der Waals surface area contributed by atoms with E-state index in [0.717, 1.165) is 22.6 Å². The maximum absolute atomic E-state index is 8.89. The molecule has 3 nitrogen and oxygen atoms in total. The maximum Gasteiger partial charge on any atom is 0.122 e. The predicted octanol–water partition coefficient (Wildman–Crippen LogP) is 1.74. The monoisotopic (exact) mass is 209 g/mol. The lowest BCUT2D eigenvalue weighted by Crippen LogP contribution is -2.22. The van der Waals surface area contributed by atoms with Crippen LogP contribution >= 0.6 is 0 Å². The summed E-state index contributed by atoms with van der Waals surface area (Å²) < 4.78 is 5.25. The Balaban J connectivity index is 3.04. The average Bonchev–Trinajstić information content (AvgIpc) is 2.21. The molecule has 0 aliphatic heterocycles. The third-order valence-electron chi connectivity index (χ3n) is 2.56. The van der Waals surface area contributed by atoms with Gasteiger partial charge in [0.25, 0.3) is 0 Å². The van der Waals surface area contributed by atoms with Crippen LogP contribution in [0.25, 0.3) is 0 Å². The summed E-state index contributed by atoms with van der Waals surface area (Å²) in [6.45, 7) is 4.88. The highest BCUT2D eigenvalue weighted by molar-refractivity contribution is 5.58. The standard InChI is InChI=1S/C12H19NO2/c1-9-8-12(15-4)10(2)7-11(9)13(3)5-6-14/h7-8,14H,5-6H2,1-4H3. The van der Waals surface area contributed by atoms with E-state index in [2.05, 4.69) is 6.07 Å². The van der Waals surface area contributed by atoms with Crippen LogP contribution in [0.5, 0.6) is 5.75 Å². The molecule has 0 atom stereocenters. The topological polar surface area (TPSA) is 32.7 Å². The van der Waals surface area contributed by atoms with Crippen molar-refractivity contribution >= 4 is 5.69 Å². The van der Waals surface area contributed by atoms with Crippen molar-refractivity contribution in [2.75, 3.05) is 32.2 Å². The Morgan fingerprint density at radius 1 is 1.27 bits per heavy atom. The molecule has 0 fully saturated rings. The molecular formula is C12H19NO2. The van der Waals surface area contributed by atoms with Crippen molar-refractivity contribution in [1.82, 2.24) is 0 Å². The SMILES string of the molecule is COc1cc(C)c(N(C)CCO)cc1C. The summed E-state index contributed by atoms with van der Waals surface area (Å²) in [5.74, 6) is 0.911. The van der Waals surface area contributed by atoms with Crippen LogP contribution < -0.4 is 9.64 Å². The number of likely N-dealkylation sites (N-methyl/N-ethyl adjacent to an activating group) is 1. The third kappa shape index (κ3) is 2.63. The van der Waals surface area contributed by atoms with E-state index in [0.29, 0.717) is 6.54 Å². The number of aryl methyl sites for hydroxylation is 2. The van der Waals surface area contributed by atoms with Gasteiger partial charge in [-0.3, -0.25) is 0 Å². The molecule has 1 aromatic carbocycles. The summed E-state index contributed by atoms with van der Waals surface area (Å²) in [6, 6.07) is 4.11. The number of hydrogen-bond donors (Lipinski definition) is 1. The van der Waals surface area contributed by atoms with Crippen molar-refractivity contribution in [3.8, 4) is 5.75 Å². The van der Waals surface area contributed by atoms with Crippen LogP contribution in [0.1, 0.15) is 11.1 Å². The lowest BCUT2D eigenvalue weighted by molar-refractivity contribution is 0.304. The minimum absolute atomic E-state index is 0.168. The molecule has 0 heterocycles. The second kappa shape index (κ2) is 5.03. The van der Waals surface area contributed by atoms with Crippen molar-refractivity contribution in [3.63, 3.8) is 0 Å². The predicted molar refractivity (Wildman–Crippen MR) is 62.8 cm³/mol. The lowest BCUT2D eigenvalue weighted by atomic mass is 10.1. The summed E-state index contributed by atoms with van der Waals surface area (Å²) >= 11 is 0. The number of aliphatic hydroxyl groups is 1. The third-order valence-corrected chi connectivity index (χ3v) is 2.56. The van der Waals surface area contributed by atoms with Crippen LogP contribution in [0.4, 0.5) is 5.69 Å². The normalized spacial score (nSPS) is 10.2. The molecule has 1 rings (SSSR count). The highest BCUT2D eigenvalue weighted by Gasteiger charge is 2.07. The Bertz CT molecular complexity index is 337. The van der Waals surface area contributed by atoms with Gasteiger partial charge in [-0.25, -0.2) is 0 Å². The van der Waals surface area contributed by atoms with Gasteiger partial charge in [0.1, 0.15) is 5.75 Å². The maximum atomic E-state index is 8.89. The Morgan fingerprint density at radius 3 is 2.47 bits per heavy atom. The number of nitrogens with zero attached hydrogens (tertiary/aromatic N) is 1. The molecule has 0 radical (unpaired) electrons. The molecule has 0 bridgehead atoms. The fraction of sp³-hybridized carbons (Fsp3) is 0.500. The quantitative estimate of drug-likeness (QED) is 0.820. The van der Waals surface area contributed by atoms with E-state index in [1.165, 1.54) is 0 Å². The van der Waals surface area contributed by atoms with Crippen LogP contribution in [0.2, 0.25) is 0 Å². The van der Waals surface area contributed by atoms with Gasteiger partial charge in [-0.1, -0.05) is 0 Å². The molecule has 1 N–H and O–H groups in total. The molecule has 3 heteroatoms.